The molecule has 1 atom stereocenters. The molecule has 3 rings (SSSR count). The zero-order valence-electron chi connectivity index (χ0n) is 10.8. The fourth-order valence-electron chi connectivity index (χ4n) is 2.64. The van der Waals surface area contributed by atoms with Gasteiger partial charge in [-0.15, -0.1) is 0 Å². The Labute approximate surface area is 108 Å². The first-order valence-corrected chi connectivity index (χ1v) is 6.69. The normalized spacial score (nSPS) is 21.6. The van der Waals surface area contributed by atoms with Crippen LogP contribution >= 0.6 is 0 Å². The summed E-state index contributed by atoms with van der Waals surface area (Å²) < 4.78 is 10.8. The van der Waals surface area contributed by atoms with E-state index in [2.05, 4.69) is 29.3 Å². The number of fused-ring (bicyclic) bond motifs is 1. The average molecular weight is 248 g/mol. The van der Waals surface area contributed by atoms with E-state index in [0.29, 0.717) is 12.8 Å². The minimum Gasteiger partial charge on any atom is -0.454 e. The van der Waals surface area contributed by atoms with E-state index >= 15 is 0 Å². The van der Waals surface area contributed by atoms with Crippen molar-refractivity contribution in [3.8, 4) is 11.5 Å². The van der Waals surface area contributed by atoms with Crippen molar-refractivity contribution in [3.05, 3.63) is 23.8 Å². The van der Waals surface area contributed by atoms with Crippen molar-refractivity contribution in [1.82, 2.24) is 10.2 Å². The lowest BCUT2D eigenvalue weighted by molar-refractivity contribution is 0.173. The standard InChI is InChI=1S/C14H20N2O2/c1-11(16-7-2-5-15-6-8-16)12-3-4-13-14(9-12)18-10-17-13/h3-4,9,11,15H,2,5-8,10H2,1H3. The Morgan fingerprint density at radius 3 is 3.00 bits per heavy atom. The third-order valence-electron chi connectivity index (χ3n) is 3.80. The van der Waals surface area contributed by atoms with Crippen LogP contribution in [0.25, 0.3) is 0 Å². The number of benzene rings is 1. The lowest BCUT2D eigenvalue weighted by Crippen LogP contribution is -2.30. The maximum atomic E-state index is 5.45. The van der Waals surface area contributed by atoms with Gasteiger partial charge in [0.05, 0.1) is 0 Å². The maximum Gasteiger partial charge on any atom is 0.231 e. The summed E-state index contributed by atoms with van der Waals surface area (Å²) in [5, 5.41) is 3.44. The highest BCUT2D eigenvalue weighted by Crippen LogP contribution is 2.35. The summed E-state index contributed by atoms with van der Waals surface area (Å²) in [5.41, 5.74) is 1.31. The third-order valence-corrected chi connectivity index (χ3v) is 3.80. The van der Waals surface area contributed by atoms with Gasteiger partial charge in [-0.3, -0.25) is 4.90 Å². The third kappa shape index (κ3) is 2.31. The predicted octanol–water partition coefficient (Wildman–Crippen LogP) is 1.77. The van der Waals surface area contributed by atoms with E-state index in [4.69, 9.17) is 9.47 Å². The van der Waals surface area contributed by atoms with Crippen molar-refractivity contribution in [1.29, 1.82) is 0 Å². The molecular weight excluding hydrogens is 228 g/mol. The van der Waals surface area contributed by atoms with Crippen molar-refractivity contribution < 1.29 is 9.47 Å². The van der Waals surface area contributed by atoms with Crippen LogP contribution in [0.3, 0.4) is 0 Å². The second-order valence-corrected chi connectivity index (χ2v) is 4.93. The number of nitrogens with zero attached hydrogens (tertiary/aromatic N) is 1. The fourth-order valence-corrected chi connectivity index (χ4v) is 2.64. The topological polar surface area (TPSA) is 33.7 Å². The Balaban J connectivity index is 1.76. The molecule has 1 aromatic rings. The van der Waals surface area contributed by atoms with E-state index in [0.717, 1.165) is 37.7 Å². The van der Waals surface area contributed by atoms with E-state index < -0.39 is 0 Å². The summed E-state index contributed by atoms with van der Waals surface area (Å²) in [6.07, 6.45) is 1.22. The second-order valence-electron chi connectivity index (χ2n) is 4.93. The van der Waals surface area contributed by atoms with Gasteiger partial charge in [0.15, 0.2) is 11.5 Å². The van der Waals surface area contributed by atoms with Crippen molar-refractivity contribution in [2.75, 3.05) is 33.0 Å². The molecule has 18 heavy (non-hydrogen) atoms. The Bertz CT molecular complexity index is 414. The highest BCUT2D eigenvalue weighted by Gasteiger charge is 2.20. The van der Waals surface area contributed by atoms with E-state index in [1.807, 2.05) is 6.07 Å². The molecule has 2 heterocycles. The van der Waals surface area contributed by atoms with Gasteiger partial charge >= 0.3 is 0 Å². The van der Waals surface area contributed by atoms with Crippen LogP contribution in [0.1, 0.15) is 24.9 Å². The summed E-state index contributed by atoms with van der Waals surface area (Å²) in [7, 11) is 0. The highest BCUT2D eigenvalue weighted by atomic mass is 16.7. The molecule has 2 aliphatic heterocycles. The van der Waals surface area contributed by atoms with E-state index in [-0.39, 0.29) is 0 Å². The van der Waals surface area contributed by atoms with Gasteiger partial charge < -0.3 is 14.8 Å². The molecule has 1 aromatic carbocycles. The summed E-state index contributed by atoms with van der Waals surface area (Å²) in [6, 6.07) is 6.71. The Morgan fingerprint density at radius 1 is 1.17 bits per heavy atom. The minimum atomic E-state index is 0.348. The number of rotatable bonds is 2. The molecule has 1 N–H and O–H groups in total. The number of hydrogen-bond donors (Lipinski definition) is 1. The van der Waals surface area contributed by atoms with Gasteiger partial charge in [0.25, 0.3) is 0 Å². The quantitative estimate of drug-likeness (QED) is 0.865. The van der Waals surface area contributed by atoms with Crippen LogP contribution in [0.2, 0.25) is 0 Å². The SMILES string of the molecule is CC(c1ccc2c(c1)OCO2)N1CCCNCC1. The van der Waals surface area contributed by atoms with E-state index in [9.17, 15) is 0 Å². The van der Waals surface area contributed by atoms with Gasteiger partial charge in [0.1, 0.15) is 0 Å². The predicted molar refractivity (Wildman–Crippen MR) is 70.0 cm³/mol. The summed E-state index contributed by atoms with van der Waals surface area (Å²) >= 11 is 0. The molecule has 1 saturated heterocycles. The summed E-state index contributed by atoms with van der Waals surface area (Å²) in [4.78, 5) is 2.53. The molecule has 1 unspecified atom stereocenters. The van der Waals surface area contributed by atoms with Crippen LogP contribution in [0.4, 0.5) is 0 Å². The van der Waals surface area contributed by atoms with Gasteiger partial charge in [-0.05, 0) is 44.1 Å². The fraction of sp³-hybridized carbons (Fsp3) is 0.571. The molecular formula is C14H20N2O2. The number of nitrogens with one attached hydrogen (secondary N) is 1. The van der Waals surface area contributed by atoms with Gasteiger partial charge in [-0.1, -0.05) is 6.07 Å². The van der Waals surface area contributed by atoms with E-state index in [1.54, 1.807) is 0 Å². The maximum absolute atomic E-state index is 5.45. The minimum absolute atomic E-state index is 0.348. The first-order valence-electron chi connectivity index (χ1n) is 6.69. The zero-order chi connectivity index (χ0) is 12.4. The number of ether oxygens (including phenoxy) is 2. The van der Waals surface area contributed by atoms with Gasteiger partial charge in [0.2, 0.25) is 6.79 Å². The largest absolute Gasteiger partial charge is 0.454 e. The monoisotopic (exact) mass is 248 g/mol. The van der Waals surface area contributed by atoms with Crippen molar-refractivity contribution in [2.45, 2.75) is 19.4 Å². The molecule has 0 aromatic heterocycles. The first kappa shape index (κ1) is 11.8. The van der Waals surface area contributed by atoms with Crippen molar-refractivity contribution in [3.63, 3.8) is 0 Å². The van der Waals surface area contributed by atoms with Crippen molar-refractivity contribution >= 4 is 0 Å². The molecule has 0 aliphatic carbocycles. The van der Waals surface area contributed by atoms with Gasteiger partial charge in [0, 0.05) is 19.1 Å². The molecule has 0 radical (unpaired) electrons. The first-order chi connectivity index (χ1) is 8.84. The van der Waals surface area contributed by atoms with Gasteiger partial charge in [-0.25, -0.2) is 0 Å². The summed E-state index contributed by atoms with van der Waals surface area (Å²) in [5.74, 6) is 1.75. The van der Waals surface area contributed by atoms with Crippen molar-refractivity contribution in [2.24, 2.45) is 0 Å². The van der Waals surface area contributed by atoms with Crippen LogP contribution in [-0.4, -0.2) is 37.9 Å². The second kappa shape index (κ2) is 5.16. The molecule has 0 bridgehead atoms. The van der Waals surface area contributed by atoms with Crippen LogP contribution in [0.15, 0.2) is 18.2 Å². The molecule has 4 heteroatoms. The number of hydrogen-bond acceptors (Lipinski definition) is 4. The molecule has 0 spiro atoms. The summed E-state index contributed by atoms with van der Waals surface area (Å²) in [6.45, 7) is 7.08. The van der Waals surface area contributed by atoms with Crippen LogP contribution in [0, 0.1) is 0 Å². The molecule has 0 amide bonds. The molecule has 0 saturated carbocycles. The molecule has 98 valence electrons. The Morgan fingerprint density at radius 2 is 2.06 bits per heavy atom. The Kier molecular flexibility index (Phi) is 3.39. The molecule has 2 aliphatic rings. The lowest BCUT2D eigenvalue weighted by atomic mass is 10.1. The smallest absolute Gasteiger partial charge is 0.231 e. The average Bonchev–Trinajstić information content (AvgIpc) is 2.69. The van der Waals surface area contributed by atoms with Gasteiger partial charge in [-0.2, -0.15) is 0 Å². The zero-order valence-corrected chi connectivity index (χ0v) is 10.8. The van der Waals surface area contributed by atoms with E-state index in [1.165, 1.54) is 12.0 Å². The van der Waals surface area contributed by atoms with Crippen LogP contribution in [0.5, 0.6) is 11.5 Å². The molecule has 4 nitrogen and oxygen atoms in total. The lowest BCUT2D eigenvalue weighted by Gasteiger charge is -2.27. The molecule has 1 fully saturated rings. The van der Waals surface area contributed by atoms with Crippen LogP contribution in [-0.2, 0) is 0 Å². The Hall–Kier alpha value is -1.26. The van der Waals surface area contributed by atoms with Crippen LogP contribution < -0.4 is 14.8 Å². The highest BCUT2D eigenvalue weighted by molar-refractivity contribution is 5.45.